The van der Waals surface area contributed by atoms with E-state index >= 15 is 0 Å². The summed E-state index contributed by atoms with van der Waals surface area (Å²) in [7, 11) is 3.03. The Morgan fingerprint density at radius 3 is 2.79 bits per heavy atom. The molecule has 0 atom stereocenters. The molecule has 1 rings (SSSR count). The molecular formula is C12H19N3O3S. The van der Waals surface area contributed by atoms with E-state index in [1.54, 1.807) is 18.9 Å². The summed E-state index contributed by atoms with van der Waals surface area (Å²) in [4.78, 5) is 21.6. The van der Waals surface area contributed by atoms with Crippen molar-refractivity contribution in [3.05, 3.63) is 12.4 Å². The average molecular weight is 285 g/mol. The molecule has 0 unspecified atom stereocenters. The Morgan fingerprint density at radius 2 is 2.16 bits per heavy atom. The van der Waals surface area contributed by atoms with Gasteiger partial charge in [0.15, 0.2) is 0 Å². The van der Waals surface area contributed by atoms with Gasteiger partial charge in [0.25, 0.3) is 0 Å². The van der Waals surface area contributed by atoms with Gasteiger partial charge in [-0.3, -0.25) is 4.79 Å². The zero-order valence-electron chi connectivity index (χ0n) is 11.5. The van der Waals surface area contributed by atoms with Crippen LogP contribution in [0.25, 0.3) is 0 Å². The van der Waals surface area contributed by atoms with Crippen LogP contribution in [0.3, 0.4) is 0 Å². The number of hydrogen-bond donors (Lipinski definition) is 0. The number of thioether (sulfide) groups is 1. The number of nitrogens with zero attached hydrogens (tertiary/aromatic N) is 3. The molecule has 1 heterocycles. The lowest BCUT2D eigenvalue weighted by molar-refractivity contribution is -0.140. The molecule has 0 aromatic carbocycles. The third-order valence-corrected chi connectivity index (χ3v) is 3.18. The van der Waals surface area contributed by atoms with E-state index in [1.165, 1.54) is 13.4 Å². The van der Waals surface area contributed by atoms with Crippen LogP contribution in [0.1, 0.15) is 6.42 Å². The van der Waals surface area contributed by atoms with E-state index in [-0.39, 0.29) is 5.97 Å². The molecule has 0 radical (unpaired) electrons. The number of carbonyl (C=O) groups excluding carboxylic acids is 1. The fourth-order valence-electron chi connectivity index (χ4n) is 1.49. The number of hydrogen-bond acceptors (Lipinski definition) is 7. The fraction of sp³-hybridized carbons (Fsp3) is 0.583. The Hall–Kier alpha value is -1.34. The van der Waals surface area contributed by atoms with Gasteiger partial charge in [-0.2, -0.15) is 0 Å². The molecule has 0 bridgehead atoms. The topological polar surface area (TPSA) is 64.5 Å². The molecule has 1 aromatic rings. The lowest BCUT2D eigenvalue weighted by Crippen LogP contribution is -2.30. The Kier molecular flexibility index (Phi) is 7.20. The van der Waals surface area contributed by atoms with E-state index in [1.807, 2.05) is 17.2 Å². The van der Waals surface area contributed by atoms with Gasteiger partial charge < -0.3 is 14.4 Å². The van der Waals surface area contributed by atoms with E-state index in [9.17, 15) is 4.79 Å². The first-order valence-electron chi connectivity index (χ1n) is 5.88. The second-order valence-corrected chi connectivity index (χ2v) is 4.55. The van der Waals surface area contributed by atoms with Crippen molar-refractivity contribution < 1.29 is 14.3 Å². The summed E-state index contributed by atoms with van der Waals surface area (Å²) in [6, 6.07) is 1.90. The first-order chi connectivity index (χ1) is 9.21. The maximum Gasteiger partial charge on any atom is 0.307 e. The van der Waals surface area contributed by atoms with Crippen molar-refractivity contribution in [1.82, 2.24) is 9.97 Å². The van der Waals surface area contributed by atoms with Gasteiger partial charge in [0.2, 0.25) is 0 Å². The van der Waals surface area contributed by atoms with Crippen LogP contribution in [0.2, 0.25) is 0 Å². The molecule has 0 N–H and O–H groups in total. The van der Waals surface area contributed by atoms with E-state index in [0.717, 1.165) is 10.8 Å². The van der Waals surface area contributed by atoms with E-state index in [0.29, 0.717) is 26.1 Å². The van der Waals surface area contributed by atoms with Crippen molar-refractivity contribution >= 4 is 23.5 Å². The molecule has 0 aliphatic carbocycles. The van der Waals surface area contributed by atoms with Crippen molar-refractivity contribution in [1.29, 1.82) is 0 Å². The number of anilines is 1. The molecule has 6 nitrogen and oxygen atoms in total. The second kappa shape index (κ2) is 8.71. The highest BCUT2D eigenvalue weighted by atomic mass is 32.2. The van der Waals surface area contributed by atoms with Gasteiger partial charge in [0, 0.05) is 26.3 Å². The maximum atomic E-state index is 11.2. The fourth-order valence-corrected chi connectivity index (χ4v) is 1.86. The Bertz CT molecular complexity index is 404. The SMILES string of the molecule is COCCN(CCC(=O)OC)c1cc(SC)ncn1. The standard InChI is InChI=1S/C12H19N3O3S/c1-17-7-6-15(5-4-12(16)18-2)10-8-11(19-3)14-9-13-10/h8-9H,4-7H2,1-3H3. The quantitative estimate of drug-likeness (QED) is 0.404. The van der Waals surface area contributed by atoms with Gasteiger partial charge in [-0.15, -0.1) is 11.8 Å². The molecule has 0 aliphatic heterocycles. The summed E-state index contributed by atoms with van der Waals surface area (Å²) in [5, 5.41) is 0.894. The van der Waals surface area contributed by atoms with Crippen molar-refractivity contribution in [2.24, 2.45) is 0 Å². The molecule has 0 spiro atoms. The smallest absolute Gasteiger partial charge is 0.307 e. The van der Waals surface area contributed by atoms with Crippen LogP contribution in [0, 0.1) is 0 Å². The van der Waals surface area contributed by atoms with E-state index < -0.39 is 0 Å². The van der Waals surface area contributed by atoms with E-state index in [2.05, 4.69) is 14.7 Å². The highest BCUT2D eigenvalue weighted by Crippen LogP contribution is 2.17. The summed E-state index contributed by atoms with van der Waals surface area (Å²) >= 11 is 1.55. The molecule has 1 aromatic heterocycles. The third-order valence-electron chi connectivity index (χ3n) is 2.54. The van der Waals surface area contributed by atoms with Crippen molar-refractivity contribution in [2.45, 2.75) is 11.4 Å². The average Bonchev–Trinajstić information content (AvgIpc) is 2.47. The molecule has 0 fully saturated rings. The van der Waals surface area contributed by atoms with Crippen molar-refractivity contribution in [2.75, 3.05) is 45.1 Å². The minimum atomic E-state index is -0.235. The number of rotatable bonds is 8. The Balaban J connectivity index is 2.73. The highest BCUT2D eigenvalue weighted by Gasteiger charge is 2.11. The molecule has 7 heteroatoms. The number of esters is 1. The van der Waals surface area contributed by atoms with Crippen LogP contribution < -0.4 is 4.90 Å². The van der Waals surface area contributed by atoms with Crippen molar-refractivity contribution in [3.63, 3.8) is 0 Å². The summed E-state index contributed by atoms with van der Waals surface area (Å²) in [5.74, 6) is 0.557. The second-order valence-electron chi connectivity index (χ2n) is 3.72. The molecule has 106 valence electrons. The van der Waals surface area contributed by atoms with Gasteiger partial charge >= 0.3 is 5.97 Å². The minimum Gasteiger partial charge on any atom is -0.469 e. The number of methoxy groups -OCH3 is 2. The summed E-state index contributed by atoms with van der Waals surface area (Å²) in [6.07, 6.45) is 3.80. The van der Waals surface area contributed by atoms with Gasteiger partial charge in [0.1, 0.15) is 17.2 Å². The summed E-state index contributed by atoms with van der Waals surface area (Å²) < 4.78 is 9.73. The molecule has 19 heavy (non-hydrogen) atoms. The molecule has 0 saturated heterocycles. The minimum absolute atomic E-state index is 0.235. The lowest BCUT2D eigenvalue weighted by Gasteiger charge is -2.22. The van der Waals surface area contributed by atoms with Crippen LogP contribution in [0.15, 0.2) is 17.4 Å². The largest absolute Gasteiger partial charge is 0.469 e. The van der Waals surface area contributed by atoms with Gasteiger partial charge in [-0.05, 0) is 6.26 Å². The zero-order chi connectivity index (χ0) is 14.1. The monoisotopic (exact) mass is 285 g/mol. The predicted molar refractivity (Wildman–Crippen MR) is 74.5 cm³/mol. The Labute approximate surface area is 117 Å². The van der Waals surface area contributed by atoms with Gasteiger partial charge in [-0.25, -0.2) is 9.97 Å². The molecule has 0 amide bonds. The lowest BCUT2D eigenvalue weighted by atomic mass is 10.3. The predicted octanol–water partition coefficient (Wildman–Crippen LogP) is 1.21. The van der Waals surface area contributed by atoms with Gasteiger partial charge in [-0.1, -0.05) is 0 Å². The normalized spacial score (nSPS) is 10.3. The van der Waals surface area contributed by atoms with Gasteiger partial charge in [0.05, 0.1) is 20.1 Å². The Morgan fingerprint density at radius 1 is 1.37 bits per heavy atom. The summed E-state index contributed by atoms with van der Waals surface area (Å²) in [6.45, 7) is 1.78. The van der Waals surface area contributed by atoms with Crippen LogP contribution in [0.4, 0.5) is 5.82 Å². The van der Waals surface area contributed by atoms with Crippen LogP contribution >= 0.6 is 11.8 Å². The van der Waals surface area contributed by atoms with Crippen LogP contribution in [-0.4, -0.2) is 56.1 Å². The first-order valence-corrected chi connectivity index (χ1v) is 7.10. The summed E-state index contributed by atoms with van der Waals surface area (Å²) in [5.41, 5.74) is 0. The molecular weight excluding hydrogens is 266 g/mol. The van der Waals surface area contributed by atoms with Crippen LogP contribution in [0.5, 0.6) is 0 Å². The molecule has 0 saturated carbocycles. The van der Waals surface area contributed by atoms with Crippen molar-refractivity contribution in [3.8, 4) is 0 Å². The number of aromatic nitrogens is 2. The van der Waals surface area contributed by atoms with Crippen LogP contribution in [-0.2, 0) is 14.3 Å². The first kappa shape index (κ1) is 15.7. The van der Waals surface area contributed by atoms with E-state index in [4.69, 9.17) is 4.74 Å². The third kappa shape index (κ3) is 5.44. The maximum absolute atomic E-state index is 11.2. The zero-order valence-corrected chi connectivity index (χ0v) is 12.3. The molecule has 0 aliphatic rings. The highest BCUT2D eigenvalue weighted by molar-refractivity contribution is 7.98. The number of ether oxygens (including phenoxy) is 2. The number of carbonyl (C=O) groups is 1.